The molecule has 0 atom stereocenters. The molecule has 0 radical (unpaired) electrons. The Labute approximate surface area is 79.0 Å². The lowest BCUT2D eigenvalue weighted by Crippen LogP contribution is -2.09. The molecule has 0 bridgehead atoms. The van der Waals surface area contributed by atoms with E-state index in [9.17, 15) is 0 Å². The summed E-state index contributed by atoms with van der Waals surface area (Å²) < 4.78 is 0. The molecule has 0 saturated heterocycles. The van der Waals surface area contributed by atoms with Crippen molar-refractivity contribution in [1.29, 1.82) is 0 Å². The van der Waals surface area contributed by atoms with Crippen molar-refractivity contribution in [2.45, 2.75) is 19.4 Å². The van der Waals surface area contributed by atoms with Gasteiger partial charge in [0, 0.05) is 0 Å². The van der Waals surface area contributed by atoms with Crippen LogP contribution in [0.2, 0.25) is 0 Å². The van der Waals surface area contributed by atoms with E-state index in [4.69, 9.17) is 0 Å². The molecular formula is C11H14N2. The Morgan fingerprint density at radius 3 is 2.38 bits per heavy atom. The monoisotopic (exact) mass is 174 g/mol. The van der Waals surface area contributed by atoms with Crippen molar-refractivity contribution >= 4 is 5.69 Å². The van der Waals surface area contributed by atoms with E-state index in [1.54, 1.807) is 6.08 Å². The van der Waals surface area contributed by atoms with Crippen molar-refractivity contribution in [1.82, 2.24) is 0 Å². The Kier molecular flexibility index (Phi) is 2.96. The van der Waals surface area contributed by atoms with E-state index < -0.39 is 0 Å². The van der Waals surface area contributed by atoms with Crippen molar-refractivity contribution in [3.63, 3.8) is 0 Å². The summed E-state index contributed by atoms with van der Waals surface area (Å²) in [5.41, 5.74) is 0.591. The fourth-order valence-electron chi connectivity index (χ4n) is 0.722. The van der Waals surface area contributed by atoms with E-state index in [0.29, 0.717) is 0 Å². The van der Waals surface area contributed by atoms with Gasteiger partial charge in [-0.2, -0.15) is 10.2 Å². The van der Waals surface area contributed by atoms with E-state index in [1.165, 1.54) is 0 Å². The first-order valence-electron chi connectivity index (χ1n) is 4.25. The molecule has 0 aromatic heterocycles. The molecule has 0 amide bonds. The van der Waals surface area contributed by atoms with E-state index in [1.807, 2.05) is 44.2 Å². The molecule has 13 heavy (non-hydrogen) atoms. The first kappa shape index (κ1) is 9.65. The molecule has 1 aromatic rings. The molecule has 1 aromatic carbocycles. The largest absolute Gasteiger partial charge is 0.178 e. The minimum Gasteiger partial charge on any atom is -0.178 e. The van der Waals surface area contributed by atoms with Crippen LogP contribution in [0, 0.1) is 0 Å². The Hall–Kier alpha value is -1.44. The van der Waals surface area contributed by atoms with Crippen molar-refractivity contribution in [3.8, 4) is 0 Å². The summed E-state index contributed by atoms with van der Waals surface area (Å²) in [5.74, 6) is 0. The summed E-state index contributed by atoms with van der Waals surface area (Å²) in [5, 5.41) is 8.25. The van der Waals surface area contributed by atoms with E-state index in [2.05, 4.69) is 16.8 Å². The smallest absolute Gasteiger partial charge is 0.0941 e. The highest BCUT2D eigenvalue weighted by molar-refractivity contribution is 5.34. The van der Waals surface area contributed by atoms with Crippen LogP contribution in [0.25, 0.3) is 0 Å². The van der Waals surface area contributed by atoms with Gasteiger partial charge in [-0.3, -0.25) is 0 Å². The van der Waals surface area contributed by atoms with E-state index in [0.717, 1.165) is 5.69 Å². The Balaban J connectivity index is 2.75. The van der Waals surface area contributed by atoms with Crippen LogP contribution in [0.15, 0.2) is 53.2 Å². The van der Waals surface area contributed by atoms with Gasteiger partial charge in [0.2, 0.25) is 0 Å². The van der Waals surface area contributed by atoms with Crippen LogP contribution in [0.4, 0.5) is 5.69 Å². The lowest BCUT2D eigenvalue weighted by molar-refractivity contribution is 0.621. The van der Waals surface area contributed by atoms with Gasteiger partial charge in [0.1, 0.15) is 0 Å². The molecule has 2 nitrogen and oxygen atoms in total. The molecule has 0 N–H and O–H groups in total. The van der Waals surface area contributed by atoms with Crippen LogP contribution in [-0.4, -0.2) is 5.54 Å². The van der Waals surface area contributed by atoms with Crippen LogP contribution in [-0.2, 0) is 0 Å². The van der Waals surface area contributed by atoms with Gasteiger partial charge in [0.05, 0.1) is 11.2 Å². The first-order chi connectivity index (χ1) is 6.14. The van der Waals surface area contributed by atoms with Crippen LogP contribution >= 0.6 is 0 Å². The molecule has 0 aliphatic heterocycles. The number of benzene rings is 1. The Morgan fingerprint density at radius 2 is 1.85 bits per heavy atom. The quantitative estimate of drug-likeness (QED) is 0.492. The molecule has 0 aliphatic carbocycles. The Morgan fingerprint density at radius 1 is 1.23 bits per heavy atom. The molecule has 0 spiro atoms. The average Bonchev–Trinajstić information content (AvgIpc) is 2.17. The second kappa shape index (κ2) is 3.99. The van der Waals surface area contributed by atoms with Crippen molar-refractivity contribution in [2.24, 2.45) is 10.2 Å². The van der Waals surface area contributed by atoms with Crippen LogP contribution < -0.4 is 0 Å². The fourth-order valence-corrected chi connectivity index (χ4v) is 0.722. The van der Waals surface area contributed by atoms with Gasteiger partial charge in [0.15, 0.2) is 0 Å². The third-order valence-corrected chi connectivity index (χ3v) is 1.68. The highest BCUT2D eigenvalue weighted by Gasteiger charge is 2.09. The van der Waals surface area contributed by atoms with Crippen LogP contribution in [0.5, 0.6) is 0 Å². The average molecular weight is 174 g/mol. The van der Waals surface area contributed by atoms with Crippen LogP contribution in [0.3, 0.4) is 0 Å². The van der Waals surface area contributed by atoms with E-state index >= 15 is 0 Å². The lowest BCUT2D eigenvalue weighted by Gasteiger charge is -2.10. The molecule has 1 rings (SSSR count). The lowest BCUT2D eigenvalue weighted by atomic mass is 10.1. The Bertz CT molecular complexity index is 299. The van der Waals surface area contributed by atoms with Gasteiger partial charge >= 0.3 is 0 Å². The third-order valence-electron chi connectivity index (χ3n) is 1.68. The van der Waals surface area contributed by atoms with Gasteiger partial charge in [-0.1, -0.05) is 24.3 Å². The zero-order valence-corrected chi connectivity index (χ0v) is 8.07. The van der Waals surface area contributed by atoms with Crippen molar-refractivity contribution < 1.29 is 0 Å². The zero-order valence-electron chi connectivity index (χ0n) is 8.07. The molecule has 0 unspecified atom stereocenters. The number of rotatable bonds is 3. The predicted octanol–water partition coefficient (Wildman–Crippen LogP) is 3.73. The molecule has 68 valence electrons. The molecule has 0 saturated carbocycles. The second-order valence-corrected chi connectivity index (χ2v) is 3.39. The normalized spacial score (nSPS) is 11.8. The minimum absolute atomic E-state index is 0.282. The third kappa shape index (κ3) is 3.20. The SMILES string of the molecule is C=CC(C)(C)N=Nc1ccccc1. The van der Waals surface area contributed by atoms with Crippen molar-refractivity contribution in [3.05, 3.63) is 43.0 Å². The van der Waals surface area contributed by atoms with Crippen LogP contribution in [0.1, 0.15) is 13.8 Å². The number of nitrogens with zero attached hydrogens (tertiary/aromatic N) is 2. The maximum Gasteiger partial charge on any atom is 0.0941 e. The first-order valence-corrected chi connectivity index (χ1v) is 4.25. The van der Waals surface area contributed by atoms with Gasteiger partial charge in [-0.25, -0.2) is 0 Å². The minimum atomic E-state index is -0.282. The summed E-state index contributed by atoms with van der Waals surface area (Å²) in [4.78, 5) is 0. The summed E-state index contributed by atoms with van der Waals surface area (Å²) in [6.45, 7) is 7.62. The van der Waals surface area contributed by atoms with Crippen molar-refractivity contribution in [2.75, 3.05) is 0 Å². The fraction of sp³-hybridized carbons (Fsp3) is 0.273. The maximum atomic E-state index is 4.15. The summed E-state index contributed by atoms with van der Waals surface area (Å²) >= 11 is 0. The zero-order chi connectivity index (χ0) is 9.73. The topological polar surface area (TPSA) is 24.7 Å². The van der Waals surface area contributed by atoms with Gasteiger partial charge in [-0.05, 0) is 26.0 Å². The van der Waals surface area contributed by atoms with Gasteiger partial charge in [0.25, 0.3) is 0 Å². The number of hydrogen-bond donors (Lipinski definition) is 0. The summed E-state index contributed by atoms with van der Waals surface area (Å²) in [6, 6.07) is 9.67. The maximum absolute atomic E-state index is 4.15. The molecule has 0 heterocycles. The molecule has 0 fully saturated rings. The second-order valence-electron chi connectivity index (χ2n) is 3.39. The van der Waals surface area contributed by atoms with Gasteiger partial charge in [-0.15, -0.1) is 6.58 Å². The number of hydrogen-bond acceptors (Lipinski definition) is 2. The summed E-state index contributed by atoms with van der Waals surface area (Å²) in [7, 11) is 0. The molecule has 0 aliphatic rings. The molecule has 2 heteroatoms. The van der Waals surface area contributed by atoms with E-state index in [-0.39, 0.29) is 5.54 Å². The number of azo groups is 1. The molecular weight excluding hydrogens is 160 g/mol. The van der Waals surface area contributed by atoms with Gasteiger partial charge < -0.3 is 0 Å². The highest BCUT2D eigenvalue weighted by Crippen LogP contribution is 2.16. The highest BCUT2D eigenvalue weighted by atomic mass is 15.1. The summed E-state index contributed by atoms with van der Waals surface area (Å²) in [6.07, 6.45) is 1.78. The predicted molar refractivity (Wildman–Crippen MR) is 55.2 cm³/mol. The standard InChI is InChI=1S/C11H14N2/c1-4-11(2,3)13-12-10-8-6-5-7-9-10/h4-9H,1H2,2-3H3.